The highest BCUT2D eigenvalue weighted by molar-refractivity contribution is 5.21. The van der Waals surface area contributed by atoms with E-state index in [1.807, 2.05) is 0 Å². The van der Waals surface area contributed by atoms with E-state index in [9.17, 15) is 0 Å². The summed E-state index contributed by atoms with van der Waals surface area (Å²) in [6.45, 7) is 8.07. The van der Waals surface area contributed by atoms with Crippen LogP contribution in [0.4, 0.5) is 0 Å². The van der Waals surface area contributed by atoms with E-state index in [-0.39, 0.29) is 0 Å². The average Bonchev–Trinajstić information content (AvgIpc) is 1.87. The van der Waals surface area contributed by atoms with Crippen LogP contribution in [0.1, 0.15) is 26.7 Å². The fourth-order valence-electron chi connectivity index (χ4n) is 0.624. The first kappa shape index (κ1) is 8.30. The Morgan fingerprint density at radius 2 is 2.33 bits per heavy atom. The lowest BCUT2D eigenvalue weighted by Crippen LogP contribution is -1.91. The fourth-order valence-corrected chi connectivity index (χ4v) is 0.624. The van der Waals surface area contributed by atoms with Crippen LogP contribution in [0.3, 0.4) is 0 Å². The first-order valence-corrected chi connectivity index (χ1v) is 3.35. The van der Waals surface area contributed by atoms with E-state index >= 15 is 0 Å². The fraction of sp³-hybridized carbons (Fsp3) is 0.556. The molecule has 0 saturated carbocycles. The molecule has 50 valence electrons. The molecule has 0 bridgehead atoms. The molecule has 1 atom stereocenters. The third-order valence-electron chi connectivity index (χ3n) is 1.50. The molecule has 0 fully saturated rings. The molecule has 0 rings (SSSR count). The molecule has 0 aromatic heterocycles. The smallest absolute Gasteiger partial charge is 0.00516 e. The highest BCUT2D eigenvalue weighted by Gasteiger charge is 1.97. The number of terminal acetylenes is 1. The van der Waals surface area contributed by atoms with Crippen molar-refractivity contribution in [3.8, 4) is 12.3 Å². The molecule has 0 aliphatic carbocycles. The van der Waals surface area contributed by atoms with Crippen LogP contribution in [0, 0.1) is 18.3 Å². The van der Waals surface area contributed by atoms with Gasteiger partial charge in [0.1, 0.15) is 0 Å². The second kappa shape index (κ2) is 4.21. The quantitative estimate of drug-likeness (QED) is 0.505. The van der Waals surface area contributed by atoms with Gasteiger partial charge in [-0.2, -0.15) is 0 Å². The SMILES string of the molecule is C#CC(=C)CC(C)CC. The van der Waals surface area contributed by atoms with E-state index in [4.69, 9.17) is 6.42 Å². The van der Waals surface area contributed by atoms with Gasteiger partial charge in [0, 0.05) is 0 Å². The van der Waals surface area contributed by atoms with Crippen molar-refractivity contribution >= 4 is 0 Å². The topological polar surface area (TPSA) is 0 Å². The molecule has 0 radical (unpaired) electrons. The maximum atomic E-state index is 5.13. The normalized spacial score (nSPS) is 12.1. The van der Waals surface area contributed by atoms with Crippen LogP contribution in [0.5, 0.6) is 0 Å². The highest BCUT2D eigenvalue weighted by Crippen LogP contribution is 2.11. The highest BCUT2D eigenvalue weighted by atomic mass is 14.0. The van der Waals surface area contributed by atoms with Gasteiger partial charge in [-0.15, -0.1) is 6.42 Å². The number of rotatable bonds is 3. The summed E-state index contributed by atoms with van der Waals surface area (Å²) in [6.07, 6.45) is 7.29. The molecular weight excluding hydrogens is 108 g/mol. The Bertz CT molecular complexity index is 125. The molecule has 0 aliphatic heterocycles. The van der Waals surface area contributed by atoms with Gasteiger partial charge in [-0.1, -0.05) is 32.8 Å². The van der Waals surface area contributed by atoms with E-state index in [0.29, 0.717) is 5.92 Å². The van der Waals surface area contributed by atoms with Gasteiger partial charge in [0.2, 0.25) is 0 Å². The molecule has 0 heteroatoms. The van der Waals surface area contributed by atoms with Crippen molar-refractivity contribution in [2.45, 2.75) is 26.7 Å². The molecule has 0 aromatic rings. The van der Waals surface area contributed by atoms with E-state index < -0.39 is 0 Å². The standard InChI is InChI=1S/C9H14/c1-5-8(3)7-9(4)6-2/h1,9H,3,6-7H2,2,4H3. The zero-order chi connectivity index (χ0) is 7.28. The molecule has 0 aliphatic rings. The summed E-state index contributed by atoms with van der Waals surface area (Å²) in [5, 5.41) is 0. The molecular formula is C9H14. The van der Waals surface area contributed by atoms with Gasteiger partial charge in [0.15, 0.2) is 0 Å². The molecule has 1 unspecified atom stereocenters. The second-order valence-electron chi connectivity index (χ2n) is 2.47. The van der Waals surface area contributed by atoms with E-state index in [1.54, 1.807) is 0 Å². The second-order valence-corrected chi connectivity index (χ2v) is 2.47. The number of hydrogen-bond acceptors (Lipinski definition) is 0. The Morgan fingerprint density at radius 3 is 2.67 bits per heavy atom. The molecule has 0 heterocycles. The predicted molar refractivity (Wildman–Crippen MR) is 42.0 cm³/mol. The maximum absolute atomic E-state index is 5.13. The van der Waals surface area contributed by atoms with Gasteiger partial charge in [0.05, 0.1) is 0 Å². The first-order valence-electron chi connectivity index (χ1n) is 3.35. The van der Waals surface area contributed by atoms with Gasteiger partial charge >= 0.3 is 0 Å². The van der Waals surface area contributed by atoms with Gasteiger partial charge in [0.25, 0.3) is 0 Å². The summed E-state index contributed by atoms with van der Waals surface area (Å²) in [5.74, 6) is 3.22. The molecule has 0 spiro atoms. The van der Waals surface area contributed by atoms with Crippen molar-refractivity contribution < 1.29 is 0 Å². The monoisotopic (exact) mass is 122 g/mol. The van der Waals surface area contributed by atoms with E-state index in [2.05, 4.69) is 26.3 Å². The minimum atomic E-state index is 0.688. The molecule has 0 saturated heterocycles. The molecule has 9 heavy (non-hydrogen) atoms. The van der Waals surface area contributed by atoms with Gasteiger partial charge in [-0.3, -0.25) is 0 Å². The van der Waals surface area contributed by atoms with Crippen LogP contribution in [-0.2, 0) is 0 Å². The Balaban J connectivity index is 3.50. The number of hydrogen-bond donors (Lipinski definition) is 0. The van der Waals surface area contributed by atoms with Gasteiger partial charge < -0.3 is 0 Å². The van der Waals surface area contributed by atoms with Gasteiger partial charge in [-0.05, 0) is 17.9 Å². The minimum absolute atomic E-state index is 0.688. The van der Waals surface area contributed by atoms with Crippen LogP contribution in [-0.4, -0.2) is 0 Å². The third-order valence-corrected chi connectivity index (χ3v) is 1.50. The Labute approximate surface area is 58.0 Å². The van der Waals surface area contributed by atoms with Gasteiger partial charge in [-0.25, -0.2) is 0 Å². The van der Waals surface area contributed by atoms with E-state index in [1.165, 1.54) is 6.42 Å². The maximum Gasteiger partial charge on any atom is -0.00516 e. The summed E-state index contributed by atoms with van der Waals surface area (Å²) < 4.78 is 0. The molecule has 0 aromatic carbocycles. The summed E-state index contributed by atoms with van der Waals surface area (Å²) in [6, 6.07) is 0. The average molecular weight is 122 g/mol. The van der Waals surface area contributed by atoms with Crippen LogP contribution in [0.15, 0.2) is 12.2 Å². The van der Waals surface area contributed by atoms with Crippen molar-refractivity contribution in [3.05, 3.63) is 12.2 Å². The van der Waals surface area contributed by atoms with Crippen LogP contribution >= 0.6 is 0 Å². The summed E-state index contributed by atoms with van der Waals surface area (Å²) in [4.78, 5) is 0. The summed E-state index contributed by atoms with van der Waals surface area (Å²) >= 11 is 0. The van der Waals surface area contributed by atoms with Crippen molar-refractivity contribution in [2.24, 2.45) is 5.92 Å². The van der Waals surface area contributed by atoms with Crippen molar-refractivity contribution in [2.75, 3.05) is 0 Å². The lowest BCUT2D eigenvalue weighted by Gasteiger charge is -2.04. The predicted octanol–water partition coefficient (Wildman–Crippen LogP) is 2.61. The molecule has 0 N–H and O–H groups in total. The largest absolute Gasteiger partial charge is 0.115 e. The Morgan fingerprint density at radius 1 is 1.78 bits per heavy atom. The zero-order valence-corrected chi connectivity index (χ0v) is 6.28. The lowest BCUT2D eigenvalue weighted by atomic mass is 10.0. The Kier molecular flexibility index (Phi) is 3.88. The Hall–Kier alpha value is -0.700. The van der Waals surface area contributed by atoms with Crippen LogP contribution in [0.25, 0.3) is 0 Å². The minimum Gasteiger partial charge on any atom is -0.115 e. The van der Waals surface area contributed by atoms with Crippen molar-refractivity contribution in [1.82, 2.24) is 0 Å². The summed E-state index contributed by atoms with van der Waals surface area (Å²) in [5.41, 5.74) is 0.921. The molecule has 0 amide bonds. The van der Waals surface area contributed by atoms with E-state index in [0.717, 1.165) is 12.0 Å². The first-order chi connectivity index (χ1) is 4.20. The third kappa shape index (κ3) is 3.85. The summed E-state index contributed by atoms with van der Waals surface area (Å²) in [7, 11) is 0. The van der Waals surface area contributed by atoms with Crippen molar-refractivity contribution in [3.63, 3.8) is 0 Å². The lowest BCUT2D eigenvalue weighted by molar-refractivity contribution is 0.564. The zero-order valence-electron chi connectivity index (χ0n) is 6.28. The molecule has 0 nitrogen and oxygen atoms in total. The van der Waals surface area contributed by atoms with Crippen molar-refractivity contribution in [1.29, 1.82) is 0 Å². The number of allylic oxidation sites excluding steroid dienone is 1. The van der Waals surface area contributed by atoms with Crippen LogP contribution < -0.4 is 0 Å². The van der Waals surface area contributed by atoms with Crippen LogP contribution in [0.2, 0.25) is 0 Å².